The molecule has 0 unspecified atom stereocenters. The molecule has 0 bridgehead atoms. The summed E-state index contributed by atoms with van der Waals surface area (Å²) in [5.41, 5.74) is 0.354. The second-order valence-electron chi connectivity index (χ2n) is 3.36. The summed E-state index contributed by atoms with van der Waals surface area (Å²) >= 11 is 5.55. The fourth-order valence-electron chi connectivity index (χ4n) is 1.26. The first-order valence-electron chi connectivity index (χ1n) is 4.54. The molecule has 0 radical (unpaired) electrons. The van der Waals surface area contributed by atoms with Gasteiger partial charge < -0.3 is 15.5 Å². The molecule has 1 aromatic rings. The average molecular weight is 248 g/mol. The predicted molar refractivity (Wildman–Crippen MR) is 57.0 cm³/mol. The summed E-state index contributed by atoms with van der Waals surface area (Å²) in [6.07, 6.45) is -2.31. The fourth-order valence-corrected chi connectivity index (χ4v) is 1.45. The molecule has 1 aromatic carbocycles. The van der Waals surface area contributed by atoms with Gasteiger partial charge in [-0.05, 0) is 24.6 Å². The molecule has 88 valence electrons. The van der Waals surface area contributed by atoms with E-state index >= 15 is 0 Å². The third-order valence-corrected chi connectivity index (χ3v) is 2.40. The average Bonchev–Trinajstić information content (AvgIpc) is 2.20. The summed E-state index contributed by atoms with van der Waals surface area (Å²) in [5, 5.41) is 20.2. The van der Waals surface area contributed by atoms with Gasteiger partial charge in [-0.1, -0.05) is 17.7 Å². The Balaban J connectivity index is 2.83. The Morgan fingerprint density at radius 3 is 2.69 bits per heavy atom. The van der Waals surface area contributed by atoms with Crippen molar-refractivity contribution in [1.29, 1.82) is 0 Å². The van der Waals surface area contributed by atoms with Crippen molar-refractivity contribution in [3.63, 3.8) is 0 Å². The van der Waals surface area contributed by atoms with Crippen LogP contribution < -0.4 is 5.32 Å². The van der Waals surface area contributed by atoms with Gasteiger partial charge in [0.15, 0.2) is 0 Å². The number of halogens is 2. The number of aliphatic hydroxyl groups excluding tert-OH is 1. The maximum atomic E-state index is 12.9. The number of carbonyl (C=O) groups is 1. The van der Waals surface area contributed by atoms with Crippen LogP contribution in [-0.2, 0) is 0 Å². The number of nitrogens with one attached hydrogen (secondary N) is 1. The molecule has 4 nitrogen and oxygen atoms in total. The van der Waals surface area contributed by atoms with E-state index in [0.29, 0.717) is 5.56 Å². The summed E-state index contributed by atoms with van der Waals surface area (Å²) in [6.45, 7) is 1.50. The standard InChI is InChI=1S/C10H11ClFNO3/c1-5(13-10(15)16)9(14)6-2-3-8(12)7(11)4-6/h2-5,9,13-14H,1H3,(H,15,16)/t5-,9+/m0/s1. The van der Waals surface area contributed by atoms with E-state index in [0.717, 1.165) is 6.07 Å². The lowest BCUT2D eigenvalue weighted by Crippen LogP contribution is -2.35. The van der Waals surface area contributed by atoms with Crippen molar-refractivity contribution in [2.24, 2.45) is 0 Å². The van der Waals surface area contributed by atoms with Crippen LogP contribution in [0.1, 0.15) is 18.6 Å². The number of hydrogen-bond acceptors (Lipinski definition) is 2. The summed E-state index contributed by atoms with van der Waals surface area (Å²) in [6, 6.07) is 3.03. The first-order chi connectivity index (χ1) is 7.41. The number of benzene rings is 1. The molecule has 0 saturated carbocycles. The van der Waals surface area contributed by atoms with E-state index in [1.54, 1.807) is 0 Å². The number of hydrogen-bond donors (Lipinski definition) is 3. The van der Waals surface area contributed by atoms with Crippen LogP contribution >= 0.6 is 11.6 Å². The molecule has 6 heteroatoms. The lowest BCUT2D eigenvalue weighted by Gasteiger charge is -2.19. The molecule has 1 rings (SSSR count). The monoisotopic (exact) mass is 247 g/mol. The maximum absolute atomic E-state index is 12.9. The van der Waals surface area contributed by atoms with Crippen LogP contribution in [0.15, 0.2) is 18.2 Å². The zero-order valence-electron chi connectivity index (χ0n) is 8.45. The van der Waals surface area contributed by atoms with Gasteiger partial charge in [0.1, 0.15) is 5.82 Å². The minimum atomic E-state index is -1.24. The molecule has 0 aliphatic rings. The molecule has 0 aliphatic heterocycles. The maximum Gasteiger partial charge on any atom is 0.404 e. The van der Waals surface area contributed by atoms with Crippen molar-refractivity contribution in [2.45, 2.75) is 19.1 Å². The molecule has 3 N–H and O–H groups in total. The molecule has 0 fully saturated rings. The van der Waals surface area contributed by atoms with Gasteiger partial charge in [-0.3, -0.25) is 0 Å². The molecular weight excluding hydrogens is 237 g/mol. The van der Waals surface area contributed by atoms with Crippen molar-refractivity contribution in [1.82, 2.24) is 5.32 Å². The predicted octanol–water partition coefficient (Wildman–Crippen LogP) is 2.17. The Bertz CT molecular complexity index is 400. The zero-order chi connectivity index (χ0) is 12.3. The van der Waals surface area contributed by atoms with Gasteiger partial charge in [0.25, 0.3) is 0 Å². The molecule has 16 heavy (non-hydrogen) atoms. The lowest BCUT2D eigenvalue weighted by molar-refractivity contribution is 0.127. The van der Waals surface area contributed by atoms with Crippen molar-refractivity contribution in [3.05, 3.63) is 34.6 Å². The topological polar surface area (TPSA) is 69.6 Å². The van der Waals surface area contributed by atoms with Crippen LogP contribution in [-0.4, -0.2) is 22.3 Å². The molecule has 0 spiro atoms. The number of rotatable bonds is 3. The highest BCUT2D eigenvalue weighted by atomic mass is 35.5. The first-order valence-corrected chi connectivity index (χ1v) is 4.92. The van der Waals surface area contributed by atoms with Gasteiger partial charge in [0.2, 0.25) is 0 Å². The van der Waals surface area contributed by atoms with E-state index in [2.05, 4.69) is 5.32 Å². The van der Waals surface area contributed by atoms with Gasteiger partial charge in [0.05, 0.1) is 17.2 Å². The SMILES string of the molecule is C[C@H](NC(=O)O)[C@@H](O)c1ccc(F)c(Cl)c1. The number of carboxylic acid groups (broad SMARTS) is 1. The summed E-state index contributed by atoms with van der Waals surface area (Å²) < 4.78 is 12.9. The van der Waals surface area contributed by atoms with E-state index in [1.165, 1.54) is 19.1 Å². The van der Waals surface area contributed by atoms with Gasteiger partial charge in [-0.15, -0.1) is 0 Å². The van der Waals surface area contributed by atoms with Crippen LogP contribution in [0.2, 0.25) is 5.02 Å². The first kappa shape index (κ1) is 12.7. The molecule has 0 saturated heterocycles. The summed E-state index contributed by atoms with van der Waals surface area (Å²) in [5.74, 6) is -0.587. The molecule has 1 amide bonds. The van der Waals surface area contributed by atoms with Crippen LogP contribution in [0, 0.1) is 5.82 Å². The number of aliphatic hydroxyl groups is 1. The van der Waals surface area contributed by atoms with E-state index in [-0.39, 0.29) is 5.02 Å². The van der Waals surface area contributed by atoms with Gasteiger partial charge in [-0.25, -0.2) is 9.18 Å². The van der Waals surface area contributed by atoms with Gasteiger partial charge >= 0.3 is 6.09 Å². The van der Waals surface area contributed by atoms with Gasteiger partial charge in [0, 0.05) is 0 Å². The van der Waals surface area contributed by atoms with E-state index in [1.807, 2.05) is 0 Å². The summed E-state index contributed by atoms with van der Waals surface area (Å²) in [4.78, 5) is 10.4. The molecule has 0 heterocycles. The minimum Gasteiger partial charge on any atom is -0.465 e. The molecule has 2 atom stereocenters. The van der Waals surface area contributed by atoms with E-state index < -0.39 is 24.1 Å². The number of amides is 1. The zero-order valence-corrected chi connectivity index (χ0v) is 9.20. The second kappa shape index (κ2) is 5.14. The largest absolute Gasteiger partial charge is 0.465 e. The highest BCUT2D eigenvalue weighted by Crippen LogP contribution is 2.22. The highest BCUT2D eigenvalue weighted by Gasteiger charge is 2.18. The molecule has 0 aromatic heterocycles. The third kappa shape index (κ3) is 3.08. The van der Waals surface area contributed by atoms with Crippen molar-refractivity contribution >= 4 is 17.7 Å². The lowest BCUT2D eigenvalue weighted by atomic mass is 10.0. The second-order valence-corrected chi connectivity index (χ2v) is 3.76. The fraction of sp³-hybridized carbons (Fsp3) is 0.300. The van der Waals surface area contributed by atoms with E-state index in [9.17, 15) is 14.3 Å². The summed E-state index contributed by atoms with van der Waals surface area (Å²) in [7, 11) is 0. The minimum absolute atomic E-state index is 0.112. The van der Waals surface area contributed by atoms with Crippen molar-refractivity contribution in [3.8, 4) is 0 Å². The van der Waals surface area contributed by atoms with Crippen molar-refractivity contribution in [2.75, 3.05) is 0 Å². The quantitative estimate of drug-likeness (QED) is 0.767. The van der Waals surface area contributed by atoms with E-state index in [4.69, 9.17) is 16.7 Å². The Kier molecular flexibility index (Phi) is 4.09. The Hall–Kier alpha value is -1.33. The Labute approximate surface area is 96.7 Å². The molecular formula is C10H11ClFNO3. The Morgan fingerprint density at radius 2 is 2.19 bits per heavy atom. The Morgan fingerprint density at radius 1 is 1.56 bits per heavy atom. The van der Waals surface area contributed by atoms with Crippen LogP contribution in [0.3, 0.4) is 0 Å². The molecule has 0 aliphatic carbocycles. The van der Waals surface area contributed by atoms with Crippen LogP contribution in [0.5, 0.6) is 0 Å². The smallest absolute Gasteiger partial charge is 0.404 e. The van der Waals surface area contributed by atoms with Crippen LogP contribution in [0.4, 0.5) is 9.18 Å². The highest BCUT2D eigenvalue weighted by molar-refractivity contribution is 6.30. The van der Waals surface area contributed by atoms with Crippen molar-refractivity contribution < 1.29 is 19.4 Å². The van der Waals surface area contributed by atoms with Gasteiger partial charge in [-0.2, -0.15) is 0 Å². The van der Waals surface area contributed by atoms with Crippen LogP contribution in [0.25, 0.3) is 0 Å². The third-order valence-electron chi connectivity index (χ3n) is 2.11. The normalized spacial score (nSPS) is 14.2.